The average molecular weight is 357 g/mol. The van der Waals surface area contributed by atoms with Crippen molar-refractivity contribution in [3.05, 3.63) is 46.2 Å². The SMILES string of the molecule is Cc1nc(NS(C)(=O)=O)sc1C(=O)N[C@@H](C)c1ccc(F)cc1. The summed E-state index contributed by atoms with van der Waals surface area (Å²) in [5.74, 6) is -0.708. The number of halogens is 1. The highest BCUT2D eigenvalue weighted by atomic mass is 32.2. The number of nitrogens with one attached hydrogen (secondary N) is 2. The van der Waals surface area contributed by atoms with Crippen LogP contribution >= 0.6 is 11.3 Å². The first-order valence-corrected chi connectivity index (χ1v) is 9.38. The lowest BCUT2D eigenvalue weighted by Crippen LogP contribution is -2.26. The maximum Gasteiger partial charge on any atom is 0.263 e. The van der Waals surface area contributed by atoms with Crippen LogP contribution in [0.5, 0.6) is 0 Å². The van der Waals surface area contributed by atoms with Gasteiger partial charge in [0, 0.05) is 0 Å². The molecule has 124 valence electrons. The molecule has 1 aromatic carbocycles. The molecule has 1 aromatic heterocycles. The smallest absolute Gasteiger partial charge is 0.263 e. The zero-order chi connectivity index (χ0) is 17.2. The Labute approximate surface area is 137 Å². The number of amides is 1. The summed E-state index contributed by atoms with van der Waals surface area (Å²) in [5.41, 5.74) is 1.20. The maximum atomic E-state index is 12.9. The molecule has 0 aliphatic rings. The summed E-state index contributed by atoms with van der Waals surface area (Å²) < 4.78 is 37.6. The lowest BCUT2D eigenvalue weighted by atomic mass is 10.1. The molecule has 0 aliphatic heterocycles. The number of nitrogens with zero attached hydrogens (tertiary/aromatic N) is 1. The standard InChI is InChI=1S/C14H16FN3O3S2/c1-8(10-4-6-11(15)7-5-10)16-13(19)12-9(2)17-14(22-12)18-23(3,20)21/h4-8H,1-3H3,(H,16,19)(H,17,18)/t8-/m0/s1. The molecule has 6 nitrogen and oxygen atoms in total. The largest absolute Gasteiger partial charge is 0.345 e. The van der Waals surface area contributed by atoms with Crippen molar-refractivity contribution in [3.63, 3.8) is 0 Å². The molecule has 1 heterocycles. The van der Waals surface area contributed by atoms with Gasteiger partial charge < -0.3 is 5.32 Å². The topological polar surface area (TPSA) is 88.2 Å². The van der Waals surface area contributed by atoms with Gasteiger partial charge in [-0.15, -0.1) is 0 Å². The molecule has 2 rings (SSSR count). The fraction of sp³-hybridized carbons (Fsp3) is 0.286. The van der Waals surface area contributed by atoms with E-state index in [1.807, 2.05) is 0 Å². The van der Waals surface area contributed by atoms with Crippen LogP contribution in [0.25, 0.3) is 0 Å². The van der Waals surface area contributed by atoms with Gasteiger partial charge in [-0.25, -0.2) is 17.8 Å². The molecule has 0 aliphatic carbocycles. The number of thiazole rings is 1. The minimum absolute atomic E-state index is 0.143. The van der Waals surface area contributed by atoms with Crippen LogP contribution in [0.15, 0.2) is 24.3 Å². The van der Waals surface area contributed by atoms with E-state index in [0.29, 0.717) is 10.6 Å². The van der Waals surface area contributed by atoms with Crippen molar-refractivity contribution in [2.24, 2.45) is 0 Å². The molecule has 0 saturated carbocycles. The van der Waals surface area contributed by atoms with E-state index in [1.165, 1.54) is 12.1 Å². The van der Waals surface area contributed by atoms with Gasteiger partial charge in [0.2, 0.25) is 10.0 Å². The molecule has 0 bridgehead atoms. The number of aryl methyl sites for hydroxylation is 1. The van der Waals surface area contributed by atoms with Crippen molar-refractivity contribution in [2.45, 2.75) is 19.9 Å². The van der Waals surface area contributed by atoms with Gasteiger partial charge in [0.05, 0.1) is 18.0 Å². The van der Waals surface area contributed by atoms with E-state index in [9.17, 15) is 17.6 Å². The number of hydrogen-bond donors (Lipinski definition) is 2. The van der Waals surface area contributed by atoms with E-state index in [2.05, 4.69) is 15.0 Å². The Morgan fingerprint density at radius 1 is 1.30 bits per heavy atom. The van der Waals surface area contributed by atoms with Crippen LogP contribution in [0.3, 0.4) is 0 Å². The first kappa shape index (κ1) is 17.4. The van der Waals surface area contributed by atoms with Gasteiger partial charge in [-0.05, 0) is 31.5 Å². The van der Waals surface area contributed by atoms with Gasteiger partial charge in [-0.3, -0.25) is 9.52 Å². The molecule has 2 aromatic rings. The van der Waals surface area contributed by atoms with E-state index >= 15 is 0 Å². The number of carbonyl (C=O) groups excluding carboxylic acids is 1. The molecule has 1 amide bonds. The fourth-order valence-corrected chi connectivity index (χ4v) is 3.61. The van der Waals surface area contributed by atoms with Crippen molar-refractivity contribution in [1.29, 1.82) is 0 Å². The minimum atomic E-state index is -3.45. The van der Waals surface area contributed by atoms with Crippen LogP contribution in [0.4, 0.5) is 9.52 Å². The van der Waals surface area contributed by atoms with Crippen LogP contribution in [-0.2, 0) is 10.0 Å². The van der Waals surface area contributed by atoms with Gasteiger partial charge >= 0.3 is 0 Å². The predicted molar refractivity (Wildman–Crippen MR) is 87.6 cm³/mol. The Hall–Kier alpha value is -2.00. The number of carbonyl (C=O) groups is 1. The van der Waals surface area contributed by atoms with Crippen molar-refractivity contribution in [2.75, 3.05) is 11.0 Å². The summed E-state index contributed by atoms with van der Waals surface area (Å²) in [7, 11) is -3.45. The van der Waals surface area contributed by atoms with Crippen LogP contribution in [0.1, 0.15) is 33.9 Å². The number of rotatable bonds is 5. The van der Waals surface area contributed by atoms with Crippen LogP contribution < -0.4 is 10.0 Å². The Balaban J connectivity index is 2.13. The average Bonchev–Trinajstić information content (AvgIpc) is 2.77. The number of benzene rings is 1. The summed E-state index contributed by atoms with van der Waals surface area (Å²) in [6.07, 6.45) is 1.01. The van der Waals surface area contributed by atoms with Crippen molar-refractivity contribution < 1.29 is 17.6 Å². The van der Waals surface area contributed by atoms with Gasteiger partial charge in [-0.2, -0.15) is 0 Å². The van der Waals surface area contributed by atoms with E-state index in [4.69, 9.17) is 0 Å². The van der Waals surface area contributed by atoms with Gasteiger partial charge in [0.1, 0.15) is 10.7 Å². The fourth-order valence-electron chi connectivity index (χ4n) is 1.91. The highest BCUT2D eigenvalue weighted by molar-refractivity contribution is 7.92. The van der Waals surface area contributed by atoms with Crippen molar-refractivity contribution >= 4 is 32.4 Å². The minimum Gasteiger partial charge on any atom is -0.345 e. The number of hydrogen-bond acceptors (Lipinski definition) is 5. The molecular weight excluding hydrogens is 341 g/mol. The van der Waals surface area contributed by atoms with E-state index in [0.717, 1.165) is 23.2 Å². The molecule has 0 spiro atoms. The second kappa shape index (κ2) is 6.63. The van der Waals surface area contributed by atoms with Crippen LogP contribution in [0.2, 0.25) is 0 Å². The molecule has 0 fully saturated rings. The third kappa shape index (κ3) is 4.73. The Morgan fingerprint density at radius 2 is 1.91 bits per heavy atom. The first-order chi connectivity index (χ1) is 10.7. The maximum absolute atomic E-state index is 12.9. The second-order valence-corrected chi connectivity index (χ2v) is 7.80. The molecule has 23 heavy (non-hydrogen) atoms. The van der Waals surface area contributed by atoms with Crippen molar-refractivity contribution in [1.82, 2.24) is 10.3 Å². The summed E-state index contributed by atoms with van der Waals surface area (Å²) in [5, 5.41) is 2.92. The van der Waals surface area contributed by atoms with Crippen LogP contribution in [-0.4, -0.2) is 25.6 Å². The predicted octanol–water partition coefficient (Wildman–Crippen LogP) is 2.45. The third-order valence-electron chi connectivity index (χ3n) is 2.99. The number of anilines is 1. The number of aromatic nitrogens is 1. The lowest BCUT2D eigenvalue weighted by molar-refractivity contribution is 0.0943. The third-order valence-corrected chi connectivity index (χ3v) is 4.76. The Kier molecular flexibility index (Phi) is 5.00. The highest BCUT2D eigenvalue weighted by Crippen LogP contribution is 2.24. The van der Waals surface area contributed by atoms with Gasteiger partial charge in [0.15, 0.2) is 5.13 Å². The molecular formula is C14H16FN3O3S2. The molecule has 9 heteroatoms. The normalized spacial score (nSPS) is 12.7. The molecule has 0 radical (unpaired) electrons. The van der Waals surface area contributed by atoms with E-state index in [-0.39, 0.29) is 22.9 Å². The lowest BCUT2D eigenvalue weighted by Gasteiger charge is -2.13. The summed E-state index contributed by atoms with van der Waals surface area (Å²) >= 11 is 0.961. The number of sulfonamides is 1. The summed E-state index contributed by atoms with van der Waals surface area (Å²) in [6.45, 7) is 3.40. The molecule has 0 saturated heterocycles. The van der Waals surface area contributed by atoms with Crippen molar-refractivity contribution in [3.8, 4) is 0 Å². The second-order valence-electron chi connectivity index (χ2n) is 5.05. The van der Waals surface area contributed by atoms with Gasteiger partial charge in [0.25, 0.3) is 5.91 Å². The molecule has 0 unspecified atom stereocenters. The highest BCUT2D eigenvalue weighted by Gasteiger charge is 2.19. The Morgan fingerprint density at radius 3 is 2.48 bits per heavy atom. The zero-order valence-corrected chi connectivity index (χ0v) is 14.4. The summed E-state index contributed by atoms with van der Waals surface area (Å²) in [6, 6.07) is 5.51. The molecule has 2 N–H and O–H groups in total. The zero-order valence-electron chi connectivity index (χ0n) is 12.8. The molecule has 1 atom stereocenters. The van der Waals surface area contributed by atoms with Crippen LogP contribution in [0, 0.1) is 12.7 Å². The van der Waals surface area contributed by atoms with E-state index < -0.39 is 10.0 Å². The van der Waals surface area contributed by atoms with Gasteiger partial charge in [-0.1, -0.05) is 23.5 Å². The van der Waals surface area contributed by atoms with E-state index in [1.54, 1.807) is 26.0 Å². The monoisotopic (exact) mass is 357 g/mol. The quantitative estimate of drug-likeness (QED) is 0.860. The first-order valence-electron chi connectivity index (χ1n) is 6.67. The summed E-state index contributed by atoms with van der Waals surface area (Å²) in [4.78, 5) is 16.7. The Bertz CT molecular complexity index is 816.